The number of piperidine rings is 3. The van der Waals surface area contributed by atoms with E-state index in [0.29, 0.717) is 11.8 Å². The van der Waals surface area contributed by atoms with Crippen molar-refractivity contribution in [1.29, 1.82) is 0 Å². The highest BCUT2D eigenvalue weighted by Gasteiger charge is 2.54. The van der Waals surface area contributed by atoms with Crippen LogP contribution in [0.3, 0.4) is 0 Å². The number of hydrogen-bond donors (Lipinski definition) is 1. The number of hydrogen-bond acceptors (Lipinski definition) is 2. The standard InChI is InChI=1S/C36H37N2O/c1-3-24-22-38(23-33-29-13-7-5-11-26(29)19-27-12-6-8-14-30(27)33)18-17-25(24)20-35(38)36(39)32-21-28(4-2)37-34-16-10-9-15-31(32)34/h3,5-16,19,21,24-25,35-36,39H,1,4,17-18,20,22-23H2,2H3/q+1/t24-,25-,35+,36+,38-/m0/s1. The Bertz CT molecular complexity index is 1650. The van der Waals surface area contributed by atoms with Crippen LogP contribution in [-0.2, 0) is 13.0 Å². The van der Waals surface area contributed by atoms with Crippen molar-refractivity contribution in [2.45, 2.75) is 44.9 Å². The molecule has 0 aliphatic carbocycles. The summed E-state index contributed by atoms with van der Waals surface area (Å²) in [6, 6.07) is 30.6. The third-order valence-corrected chi connectivity index (χ3v) is 9.88. The Morgan fingerprint density at radius 3 is 2.31 bits per heavy atom. The van der Waals surface area contributed by atoms with E-state index in [2.05, 4.69) is 98.4 Å². The minimum Gasteiger partial charge on any atom is -0.382 e. The van der Waals surface area contributed by atoms with Crippen LogP contribution in [0.25, 0.3) is 32.4 Å². The first-order valence-electron chi connectivity index (χ1n) is 14.5. The summed E-state index contributed by atoms with van der Waals surface area (Å²) in [6.45, 7) is 9.45. The van der Waals surface area contributed by atoms with Crippen molar-refractivity contribution >= 4 is 32.4 Å². The molecule has 0 saturated carbocycles. The number of nitrogens with zero attached hydrogens (tertiary/aromatic N) is 2. The van der Waals surface area contributed by atoms with Crippen LogP contribution in [0.4, 0.5) is 0 Å². The summed E-state index contributed by atoms with van der Waals surface area (Å²) in [5, 5.41) is 18.7. The highest BCUT2D eigenvalue weighted by molar-refractivity contribution is 6.02. The molecule has 3 aliphatic rings. The zero-order valence-electron chi connectivity index (χ0n) is 22.8. The third kappa shape index (κ3) is 3.99. The van der Waals surface area contributed by atoms with Gasteiger partial charge >= 0.3 is 0 Å². The molecule has 1 aromatic heterocycles. The predicted octanol–water partition coefficient (Wildman–Crippen LogP) is 7.75. The largest absolute Gasteiger partial charge is 0.382 e. The van der Waals surface area contributed by atoms with E-state index in [0.717, 1.165) is 59.1 Å². The van der Waals surface area contributed by atoms with Crippen LogP contribution < -0.4 is 0 Å². The van der Waals surface area contributed by atoms with Gasteiger partial charge in [-0.05, 0) is 57.6 Å². The van der Waals surface area contributed by atoms with Gasteiger partial charge in [0.15, 0.2) is 0 Å². The molecule has 5 aromatic rings. The summed E-state index contributed by atoms with van der Waals surface area (Å²) in [5.41, 5.74) is 4.50. The van der Waals surface area contributed by atoms with Crippen LogP contribution in [-0.4, -0.2) is 33.7 Å². The fraction of sp³-hybridized carbons (Fsp3) is 0.306. The van der Waals surface area contributed by atoms with E-state index in [1.165, 1.54) is 33.5 Å². The van der Waals surface area contributed by atoms with E-state index in [1.54, 1.807) is 0 Å². The lowest BCUT2D eigenvalue weighted by Gasteiger charge is -2.58. The van der Waals surface area contributed by atoms with Crippen molar-refractivity contribution in [3.63, 3.8) is 0 Å². The fourth-order valence-corrected chi connectivity index (χ4v) is 7.87. The number of aromatic nitrogens is 1. The van der Waals surface area contributed by atoms with Gasteiger partial charge in [0.25, 0.3) is 0 Å². The minimum atomic E-state index is -0.544. The molecule has 4 heterocycles. The lowest BCUT2D eigenvalue weighted by Crippen LogP contribution is -2.67. The predicted molar refractivity (Wildman–Crippen MR) is 161 cm³/mol. The normalized spacial score (nSPS) is 25.3. The summed E-state index contributed by atoms with van der Waals surface area (Å²) >= 11 is 0. The van der Waals surface area contributed by atoms with Crippen molar-refractivity contribution in [1.82, 2.24) is 4.98 Å². The number of aliphatic hydroxyl groups excluding tert-OH is 1. The summed E-state index contributed by atoms with van der Waals surface area (Å²) in [5.74, 6) is 1.08. The zero-order chi connectivity index (χ0) is 26.6. The molecule has 3 saturated heterocycles. The molecule has 1 N–H and O–H groups in total. The smallest absolute Gasteiger partial charge is 0.131 e. The van der Waals surface area contributed by atoms with Gasteiger partial charge in [-0.1, -0.05) is 79.7 Å². The Hall–Kier alpha value is -3.53. The van der Waals surface area contributed by atoms with E-state index >= 15 is 0 Å². The molecule has 3 nitrogen and oxygen atoms in total. The van der Waals surface area contributed by atoms with Gasteiger partial charge in [0.1, 0.15) is 18.7 Å². The first-order chi connectivity index (χ1) is 19.1. The van der Waals surface area contributed by atoms with Crippen LogP contribution in [0.5, 0.6) is 0 Å². The molecule has 0 radical (unpaired) electrons. The summed E-state index contributed by atoms with van der Waals surface area (Å²) in [7, 11) is 0. The molecule has 196 valence electrons. The second kappa shape index (κ2) is 9.59. The van der Waals surface area contributed by atoms with Gasteiger partial charge < -0.3 is 9.59 Å². The van der Waals surface area contributed by atoms with Crippen molar-refractivity contribution in [3.05, 3.63) is 114 Å². The average molecular weight is 514 g/mol. The maximum atomic E-state index is 12.3. The minimum absolute atomic E-state index is 0.133. The van der Waals surface area contributed by atoms with Gasteiger partial charge in [-0.3, -0.25) is 4.98 Å². The molecule has 3 fully saturated rings. The van der Waals surface area contributed by atoms with E-state index in [4.69, 9.17) is 4.98 Å². The number of aliphatic hydroxyl groups is 1. The number of pyridine rings is 1. The Balaban J connectivity index is 1.40. The van der Waals surface area contributed by atoms with Crippen LogP contribution >= 0.6 is 0 Å². The summed E-state index contributed by atoms with van der Waals surface area (Å²) < 4.78 is 0.907. The van der Waals surface area contributed by atoms with Gasteiger partial charge in [0.05, 0.1) is 18.6 Å². The van der Waals surface area contributed by atoms with Crippen molar-refractivity contribution in [3.8, 4) is 0 Å². The number of quaternary nitrogens is 1. The highest BCUT2D eigenvalue weighted by Crippen LogP contribution is 2.49. The second-order valence-corrected chi connectivity index (χ2v) is 11.8. The first-order valence-corrected chi connectivity index (χ1v) is 14.5. The third-order valence-electron chi connectivity index (χ3n) is 9.88. The van der Waals surface area contributed by atoms with Gasteiger partial charge in [-0.15, -0.1) is 6.58 Å². The maximum absolute atomic E-state index is 12.3. The monoisotopic (exact) mass is 513 g/mol. The number of para-hydroxylation sites is 1. The first kappa shape index (κ1) is 24.5. The number of rotatable bonds is 6. The van der Waals surface area contributed by atoms with Gasteiger partial charge in [-0.25, -0.2) is 0 Å². The Labute approximate surface area is 231 Å². The molecule has 4 aromatic carbocycles. The molecule has 0 amide bonds. The quantitative estimate of drug-likeness (QED) is 0.143. The van der Waals surface area contributed by atoms with Gasteiger partial charge in [0.2, 0.25) is 0 Å². The summed E-state index contributed by atoms with van der Waals surface area (Å²) in [4.78, 5) is 4.88. The van der Waals surface area contributed by atoms with Crippen molar-refractivity contribution < 1.29 is 9.59 Å². The lowest BCUT2D eigenvalue weighted by molar-refractivity contribution is -0.984. The molecule has 39 heavy (non-hydrogen) atoms. The molecule has 0 unspecified atom stereocenters. The molecular weight excluding hydrogens is 476 g/mol. The molecular formula is C36H37N2O+. The SMILES string of the molecule is C=C[C@H]1C[N@+]2(Cc3c4ccccc4cc4ccccc34)CC[C@H]1C[C@@H]2[C@H](O)c1cc(CC)nc2ccccc12. The van der Waals surface area contributed by atoms with Crippen LogP contribution in [0.15, 0.2) is 97.6 Å². The lowest BCUT2D eigenvalue weighted by atomic mass is 9.71. The highest BCUT2D eigenvalue weighted by atomic mass is 16.3. The molecule has 3 heteroatoms. The van der Waals surface area contributed by atoms with Crippen molar-refractivity contribution in [2.24, 2.45) is 11.8 Å². The van der Waals surface area contributed by atoms with E-state index in [9.17, 15) is 5.11 Å². The van der Waals surface area contributed by atoms with Crippen molar-refractivity contribution in [2.75, 3.05) is 13.1 Å². The van der Waals surface area contributed by atoms with Gasteiger partial charge in [-0.2, -0.15) is 0 Å². The molecule has 2 bridgehead atoms. The second-order valence-electron chi connectivity index (χ2n) is 11.8. The molecule has 0 spiro atoms. The topological polar surface area (TPSA) is 33.1 Å². The Morgan fingerprint density at radius 1 is 0.949 bits per heavy atom. The van der Waals surface area contributed by atoms with E-state index in [-0.39, 0.29) is 6.04 Å². The van der Waals surface area contributed by atoms with E-state index in [1.807, 2.05) is 6.07 Å². The number of aryl methyl sites for hydroxylation is 1. The fourth-order valence-electron chi connectivity index (χ4n) is 7.87. The Morgan fingerprint density at radius 2 is 1.62 bits per heavy atom. The number of fused-ring (bicyclic) bond motifs is 6. The number of benzene rings is 4. The van der Waals surface area contributed by atoms with E-state index < -0.39 is 6.10 Å². The maximum Gasteiger partial charge on any atom is 0.131 e. The van der Waals surface area contributed by atoms with Gasteiger partial charge in [0, 0.05) is 35.4 Å². The van der Waals surface area contributed by atoms with Crippen LogP contribution in [0.1, 0.15) is 42.7 Å². The van der Waals surface area contributed by atoms with Crippen LogP contribution in [0.2, 0.25) is 0 Å². The molecule has 5 atom stereocenters. The molecule has 3 aliphatic heterocycles. The molecule has 8 rings (SSSR count). The summed E-state index contributed by atoms with van der Waals surface area (Å²) in [6.07, 6.45) is 4.73. The average Bonchev–Trinajstić information content (AvgIpc) is 3.00. The van der Waals surface area contributed by atoms with Crippen LogP contribution in [0, 0.1) is 11.8 Å². The zero-order valence-corrected chi connectivity index (χ0v) is 22.8. The Kier molecular flexibility index (Phi) is 6.02.